The summed E-state index contributed by atoms with van der Waals surface area (Å²) in [5, 5.41) is 6.82. The Hall–Kier alpha value is -1.51. The van der Waals surface area contributed by atoms with Gasteiger partial charge in [-0.1, -0.05) is 44.2 Å². The lowest BCUT2D eigenvalue weighted by atomic mass is 10.1. The molecule has 1 aliphatic carbocycles. The molecule has 1 aromatic carbocycles. The predicted molar refractivity (Wildman–Crippen MR) is 86.1 cm³/mol. The Labute approximate surface area is 122 Å². The Balaban J connectivity index is 1.68. The van der Waals surface area contributed by atoms with Crippen LogP contribution in [0.3, 0.4) is 0 Å². The second-order valence-corrected chi connectivity index (χ2v) is 6.08. The molecule has 3 nitrogen and oxygen atoms in total. The third-order valence-corrected chi connectivity index (χ3v) is 3.92. The summed E-state index contributed by atoms with van der Waals surface area (Å²) in [6.07, 6.45) is 2.47. The predicted octanol–water partition coefficient (Wildman–Crippen LogP) is 3.00. The molecule has 0 aromatic heterocycles. The van der Waals surface area contributed by atoms with Gasteiger partial charge in [-0.25, -0.2) is 0 Å². The molecule has 0 aliphatic heterocycles. The molecule has 0 heterocycles. The number of nitrogens with zero attached hydrogens (tertiary/aromatic N) is 1. The minimum atomic E-state index is 0.728. The lowest BCUT2D eigenvalue weighted by molar-refractivity contribution is 0.572. The Morgan fingerprint density at radius 2 is 2.00 bits per heavy atom. The van der Waals surface area contributed by atoms with Gasteiger partial charge in [-0.3, -0.25) is 4.99 Å². The van der Waals surface area contributed by atoms with Crippen molar-refractivity contribution in [2.45, 2.75) is 32.6 Å². The monoisotopic (exact) mass is 273 g/mol. The highest BCUT2D eigenvalue weighted by atomic mass is 15.2. The smallest absolute Gasteiger partial charge is 0.190 e. The first kappa shape index (κ1) is 14.9. The van der Waals surface area contributed by atoms with Gasteiger partial charge in [0.15, 0.2) is 5.96 Å². The summed E-state index contributed by atoms with van der Waals surface area (Å²) in [6.45, 7) is 6.49. The molecule has 1 aliphatic rings. The molecule has 0 bridgehead atoms. The maximum Gasteiger partial charge on any atom is 0.190 e. The summed E-state index contributed by atoms with van der Waals surface area (Å²) >= 11 is 0. The van der Waals surface area contributed by atoms with Gasteiger partial charge in [0.25, 0.3) is 0 Å². The van der Waals surface area contributed by atoms with Crippen LogP contribution in [0.4, 0.5) is 0 Å². The fraction of sp³-hybridized carbons (Fsp3) is 0.588. The normalized spacial score (nSPS) is 21.9. The molecule has 0 amide bonds. The fourth-order valence-corrected chi connectivity index (χ4v) is 2.51. The Morgan fingerprint density at radius 1 is 1.25 bits per heavy atom. The van der Waals surface area contributed by atoms with Crippen molar-refractivity contribution in [1.29, 1.82) is 0 Å². The van der Waals surface area contributed by atoms with E-state index in [2.05, 4.69) is 59.8 Å². The number of hydrogen-bond acceptors (Lipinski definition) is 1. The highest BCUT2D eigenvalue weighted by molar-refractivity contribution is 5.79. The lowest BCUT2D eigenvalue weighted by Crippen LogP contribution is -2.39. The second-order valence-electron chi connectivity index (χ2n) is 6.08. The quantitative estimate of drug-likeness (QED) is 0.617. The molecule has 1 saturated carbocycles. The van der Waals surface area contributed by atoms with Crippen molar-refractivity contribution >= 4 is 5.96 Å². The summed E-state index contributed by atoms with van der Waals surface area (Å²) in [5.74, 6) is 3.15. The number of nitrogens with one attached hydrogen (secondary N) is 2. The number of rotatable bonds is 6. The van der Waals surface area contributed by atoms with E-state index in [4.69, 9.17) is 0 Å². The number of guanidine groups is 1. The van der Waals surface area contributed by atoms with Gasteiger partial charge in [-0.05, 0) is 36.2 Å². The van der Waals surface area contributed by atoms with E-state index in [0.29, 0.717) is 0 Å². The fourth-order valence-electron chi connectivity index (χ4n) is 2.51. The zero-order valence-corrected chi connectivity index (χ0v) is 12.9. The molecule has 2 rings (SSSR count). The van der Waals surface area contributed by atoms with Crippen molar-refractivity contribution in [3.8, 4) is 0 Å². The topological polar surface area (TPSA) is 36.4 Å². The molecule has 3 heteroatoms. The second kappa shape index (κ2) is 7.32. The van der Waals surface area contributed by atoms with Gasteiger partial charge in [0.1, 0.15) is 0 Å². The van der Waals surface area contributed by atoms with E-state index in [0.717, 1.165) is 36.8 Å². The van der Waals surface area contributed by atoms with Crippen molar-refractivity contribution in [3.05, 3.63) is 35.9 Å². The van der Waals surface area contributed by atoms with E-state index in [1.165, 1.54) is 18.4 Å². The summed E-state index contributed by atoms with van der Waals surface area (Å²) in [6, 6.07) is 10.8. The van der Waals surface area contributed by atoms with Crippen LogP contribution >= 0.6 is 0 Å². The molecule has 0 saturated heterocycles. The standard InChI is InChI=1S/C17H27N3/c1-13(2)9-10-19-17(18-3)20-12-15-11-16(15)14-7-5-4-6-8-14/h4-8,13,15-16H,9-12H2,1-3H3,(H2,18,19,20). The van der Waals surface area contributed by atoms with Gasteiger partial charge in [0.05, 0.1) is 0 Å². The van der Waals surface area contributed by atoms with Crippen LogP contribution in [0.5, 0.6) is 0 Å². The van der Waals surface area contributed by atoms with Crippen molar-refractivity contribution in [3.63, 3.8) is 0 Å². The van der Waals surface area contributed by atoms with Crippen LogP contribution in [-0.4, -0.2) is 26.1 Å². The Morgan fingerprint density at radius 3 is 2.65 bits per heavy atom. The Bertz CT molecular complexity index is 425. The van der Waals surface area contributed by atoms with E-state index in [-0.39, 0.29) is 0 Å². The third-order valence-electron chi connectivity index (χ3n) is 3.92. The van der Waals surface area contributed by atoms with Gasteiger partial charge in [-0.15, -0.1) is 0 Å². The molecule has 2 N–H and O–H groups in total. The minimum absolute atomic E-state index is 0.728. The third kappa shape index (κ3) is 4.55. The summed E-state index contributed by atoms with van der Waals surface area (Å²) in [5.41, 5.74) is 1.47. The molecule has 2 unspecified atom stereocenters. The summed E-state index contributed by atoms with van der Waals surface area (Å²) in [4.78, 5) is 4.28. The maximum atomic E-state index is 4.28. The van der Waals surface area contributed by atoms with Crippen LogP contribution in [0.1, 0.15) is 38.2 Å². The van der Waals surface area contributed by atoms with Crippen LogP contribution in [0.25, 0.3) is 0 Å². The first-order valence-corrected chi connectivity index (χ1v) is 7.70. The van der Waals surface area contributed by atoms with E-state index in [1.807, 2.05) is 7.05 Å². The van der Waals surface area contributed by atoms with Gasteiger partial charge in [0, 0.05) is 20.1 Å². The van der Waals surface area contributed by atoms with Gasteiger partial charge < -0.3 is 10.6 Å². The number of hydrogen-bond donors (Lipinski definition) is 2. The van der Waals surface area contributed by atoms with E-state index < -0.39 is 0 Å². The van der Waals surface area contributed by atoms with Crippen molar-refractivity contribution in [2.24, 2.45) is 16.8 Å². The van der Waals surface area contributed by atoms with Crippen LogP contribution in [0, 0.1) is 11.8 Å². The zero-order chi connectivity index (χ0) is 14.4. The first-order valence-electron chi connectivity index (χ1n) is 7.70. The molecule has 20 heavy (non-hydrogen) atoms. The molecular weight excluding hydrogens is 246 g/mol. The summed E-state index contributed by atoms with van der Waals surface area (Å²) < 4.78 is 0. The van der Waals surface area contributed by atoms with Gasteiger partial charge in [-0.2, -0.15) is 0 Å². The molecular formula is C17H27N3. The molecule has 0 radical (unpaired) electrons. The van der Waals surface area contributed by atoms with E-state index >= 15 is 0 Å². The first-order chi connectivity index (χ1) is 9.70. The van der Waals surface area contributed by atoms with Crippen molar-refractivity contribution in [1.82, 2.24) is 10.6 Å². The molecule has 1 fully saturated rings. The lowest BCUT2D eigenvalue weighted by Gasteiger charge is -2.12. The SMILES string of the molecule is CN=C(NCCC(C)C)NCC1CC1c1ccccc1. The highest BCUT2D eigenvalue weighted by Crippen LogP contribution is 2.46. The molecule has 1 aromatic rings. The zero-order valence-electron chi connectivity index (χ0n) is 12.9. The average molecular weight is 273 g/mol. The summed E-state index contributed by atoms with van der Waals surface area (Å²) in [7, 11) is 1.84. The van der Waals surface area contributed by atoms with E-state index in [1.54, 1.807) is 0 Å². The van der Waals surface area contributed by atoms with Crippen LogP contribution in [0.2, 0.25) is 0 Å². The van der Waals surface area contributed by atoms with Crippen LogP contribution < -0.4 is 10.6 Å². The average Bonchev–Trinajstić information content (AvgIpc) is 3.23. The molecule has 110 valence electrons. The van der Waals surface area contributed by atoms with Crippen molar-refractivity contribution in [2.75, 3.05) is 20.1 Å². The maximum absolute atomic E-state index is 4.28. The van der Waals surface area contributed by atoms with Gasteiger partial charge >= 0.3 is 0 Å². The minimum Gasteiger partial charge on any atom is -0.356 e. The molecule has 2 atom stereocenters. The number of aliphatic imine (C=N–C) groups is 1. The highest BCUT2D eigenvalue weighted by Gasteiger charge is 2.37. The van der Waals surface area contributed by atoms with Crippen LogP contribution in [0.15, 0.2) is 35.3 Å². The van der Waals surface area contributed by atoms with Crippen LogP contribution in [-0.2, 0) is 0 Å². The Kier molecular flexibility index (Phi) is 5.45. The largest absolute Gasteiger partial charge is 0.356 e. The van der Waals surface area contributed by atoms with E-state index in [9.17, 15) is 0 Å². The van der Waals surface area contributed by atoms with Gasteiger partial charge in [0.2, 0.25) is 0 Å². The molecule has 0 spiro atoms. The van der Waals surface area contributed by atoms with Crippen molar-refractivity contribution < 1.29 is 0 Å². The number of benzene rings is 1.